The zero-order valence-corrected chi connectivity index (χ0v) is 4.78. The fourth-order valence-electron chi connectivity index (χ4n) is 0.285. The van der Waals surface area contributed by atoms with Crippen molar-refractivity contribution in [2.24, 2.45) is 5.92 Å². The highest BCUT2D eigenvalue weighted by Crippen LogP contribution is 1.98. The van der Waals surface area contributed by atoms with Crippen LogP contribution in [0.1, 0.15) is 13.3 Å². The van der Waals surface area contributed by atoms with Crippen LogP contribution in [0.25, 0.3) is 0 Å². The molecule has 0 nitrogen and oxygen atoms in total. The second-order valence-electron chi connectivity index (χ2n) is 1.54. The van der Waals surface area contributed by atoms with E-state index in [1.165, 1.54) is 0 Å². The Kier molecular flexibility index (Phi) is 3.45. The van der Waals surface area contributed by atoms with Crippen LogP contribution in [0.4, 0.5) is 0 Å². The summed E-state index contributed by atoms with van der Waals surface area (Å²) >= 11 is 0. The highest BCUT2D eigenvalue weighted by molar-refractivity contribution is 4.84. The van der Waals surface area contributed by atoms with Gasteiger partial charge >= 0.3 is 0 Å². The molecule has 0 heterocycles. The third-order valence-corrected chi connectivity index (χ3v) is 0.878. The summed E-state index contributed by atoms with van der Waals surface area (Å²) in [5, 5.41) is 0. The molecule has 0 spiro atoms. The normalized spacial score (nSPS) is 12.3. The van der Waals surface area contributed by atoms with Crippen molar-refractivity contribution in [3.8, 4) is 0 Å². The second-order valence-corrected chi connectivity index (χ2v) is 1.54. The maximum absolute atomic E-state index is 3.79. The molecule has 0 radical (unpaired) electrons. The standard InChI is InChI=1S/C7H11/c1-4-6-7(3)5-2/h6-7H,1,3,5H2,2H3/q-1. The first-order valence-electron chi connectivity index (χ1n) is 2.50. The molecule has 0 bridgehead atoms. The highest BCUT2D eigenvalue weighted by Gasteiger charge is 1.76. The summed E-state index contributed by atoms with van der Waals surface area (Å²) in [5.74, 6) is 0.400. The molecule has 0 rings (SSSR count). The van der Waals surface area contributed by atoms with Crippen molar-refractivity contribution in [2.45, 2.75) is 13.3 Å². The first-order valence-corrected chi connectivity index (χ1v) is 2.50. The predicted octanol–water partition coefficient (Wildman–Crippen LogP) is 2.19. The zero-order valence-electron chi connectivity index (χ0n) is 4.78. The Balaban J connectivity index is 3.35. The van der Waals surface area contributed by atoms with Gasteiger partial charge < -0.3 is 6.92 Å². The van der Waals surface area contributed by atoms with E-state index >= 15 is 0 Å². The number of rotatable bonds is 2. The fourth-order valence-corrected chi connectivity index (χ4v) is 0.285. The molecule has 0 aliphatic rings. The lowest BCUT2D eigenvalue weighted by molar-refractivity contribution is 0.771. The molecule has 1 atom stereocenters. The minimum Gasteiger partial charge on any atom is -0.336 e. The van der Waals surface area contributed by atoms with Gasteiger partial charge in [-0.25, -0.2) is 0 Å². The maximum atomic E-state index is 3.79. The van der Waals surface area contributed by atoms with Crippen molar-refractivity contribution in [2.75, 3.05) is 0 Å². The topological polar surface area (TPSA) is 0 Å². The van der Waals surface area contributed by atoms with Crippen LogP contribution in [0.15, 0.2) is 18.4 Å². The summed E-state index contributed by atoms with van der Waals surface area (Å²) in [6.07, 6.45) is 2.95. The van der Waals surface area contributed by atoms with E-state index in [4.69, 9.17) is 0 Å². The van der Waals surface area contributed by atoms with Gasteiger partial charge in [0.1, 0.15) is 0 Å². The van der Waals surface area contributed by atoms with E-state index in [1.54, 1.807) is 0 Å². The Morgan fingerprint density at radius 3 is 2.71 bits per heavy atom. The highest BCUT2D eigenvalue weighted by atomic mass is 13.9. The van der Waals surface area contributed by atoms with Crippen molar-refractivity contribution in [3.63, 3.8) is 0 Å². The lowest BCUT2D eigenvalue weighted by Gasteiger charge is -2.03. The molecule has 1 unspecified atom stereocenters. The Morgan fingerprint density at radius 1 is 2.00 bits per heavy atom. The van der Waals surface area contributed by atoms with Crippen LogP contribution in [-0.2, 0) is 0 Å². The van der Waals surface area contributed by atoms with Gasteiger partial charge in [0.05, 0.1) is 0 Å². The van der Waals surface area contributed by atoms with E-state index in [1.807, 2.05) is 6.08 Å². The van der Waals surface area contributed by atoms with Crippen LogP contribution in [0.5, 0.6) is 0 Å². The van der Waals surface area contributed by atoms with Gasteiger partial charge in [-0.05, 0) is 0 Å². The molecule has 0 aliphatic heterocycles. The van der Waals surface area contributed by atoms with Crippen LogP contribution in [-0.4, -0.2) is 0 Å². The van der Waals surface area contributed by atoms with E-state index in [-0.39, 0.29) is 0 Å². The van der Waals surface area contributed by atoms with E-state index in [0.717, 1.165) is 6.42 Å². The van der Waals surface area contributed by atoms with Crippen molar-refractivity contribution < 1.29 is 0 Å². The predicted molar refractivity (Wildman–Crippen MR) is 32.8 cm³/mol. The smallest absolute Gasteiger partial charge is 0.0570 e. The molecule has 0 amide bonds. The van der Waals surface area contributed by atoms with E-state index < -0.39 is 0 Å². The minimum atomic E-state index is 0.400. The molecule has 0 aromatic heterocycles. The quantitative estimate of drug-likeness (QED) is 0.364. The van der Waals surface area contributed by atoms with Crippen molar-refractivity contribution in [1.29, 1.82) is 0 Å². The van der Waals surface area contributed by atoms with E-state index in [0.29, 0.717) is 5.92 Å². The average Bonchev–Trinajstić information content (AvgIpc) is 1.68. The minimum absolute atomic E-state index is 0.400. The van der Waals surface area contributed by atoms with Gasteiger partial charge in [0, 0.05) is 0 Å². The zero-order chi connectivity index (χ0) is 5.70. The molecule has 7 heavy (non-hydrogen) atoms. The van der Waals surface area contributed by atoms with Gasteiger partial charge in [0.25, 0.3) is 0 Å². The Hall–Kier alpha value is -0.480. The van der Waals surface area contributed by atoms with Gasteiger partial charge in [-0.3, -0.25) is 0 Å². The number of hydrogen-bond donors (Lipinski definition) is 0. The Labute approximate surface area is 45.5 Å². The molecule has 0 aliphatic carbocycles. The maximum Gasteiger partial charge on any atom is -0.0570 e. The molecule has 0 fully saturated rings. The van der Waals surface area contributed by atoms with Crippen LogP contribution in [0, 0.1) is 12.8 Å². The van der Waals surface area contributed by atoms with Crippen molar-refractivity contribution >= 4 is 0 Å². The molecular weight excluding hydrogens is 84.1 g/mol. The second kappa shape index (κ2) is 3.70. The van der Waals surface area contributed by atoms with Crippen LogP contribution in [0.2, 0.25) is 0 Å². The first-order chi connectivity index (χ1) is 3.31. The van der Waals surface area contributed by atoms with Gasteiger partial charge in [0.2, 0.25) is 0 Å². The summed E-state index contributed by atoms with van der Waals surface area (Å²) < 4.78 is 0. The third-order valence-electron chi connectivity index (χ3n) is 0.878. The molecule has 0 heteroatoms. The SMILES string of the molecule is C=C=CC([CH2-])CC. The Morgan fingerprint density at radius 2 is 2.57 bits per heavy atom. The summed E-state index contributed by atoms with van der Waals surface area (Å²) in [7, 11) is 0. The monoisotopic (exact) mass is 95.1 g/mol. The number of allylic oxidation sites excluding steroid dienone is 1. The average molecular weight is 95.2 g/mol. The van der Waals surface area contributed by atoms with E-state index in [2.05, 4.69) is 26.2 Å². The summed E-state index contributed by atoms with van der Waals surface area (Å²) in [6, 6.07) is 0. The molecule has 0 saturated carbocycles. The molecule has 0 N–H and O–H groups in total. The summed E-state index contributed by atoms with van der Waals surface area (Å²) in [5.41, 5.74) is 2.68. The van der Waals surface area contributed by atoms with Gasteiger partial charge in [0.15, 0.2) is 0 Å². The third kappa shape index (κ3) is 3.35. The molecule has 0 saturated heterocycles. The largest absolute Gasteiger partial charge is 0.336 e. The van der Waals surface area contributed by atoms with Gasteiger partial charge in [-0.15, -0.1) is 11.6 Å². The molecule has 0 aromatic rings. The molecular formula is C7H11-. The van der Waals surface area contributed by atoms with Gasteiger partial charge in [-0.1, -0.05) is 26.0 Å². The lowest BCUT2D eigenvalue weighted by atomic mass is 10.1. The van der Waals surface area contributed by atoms with Gasteiger partial charge in [-0.2, -0.15) is 0 Å². The van der Waals surface area contributed by atoms with E-state index in [9.17, 15) is 0 Å². The summed E-state index contributed by atoms with van der Waals surface area (Å²) in [6.45, 7) is 9.31. The number of hydrogen-bond acceptors (Lipinski definition) is 0. The van der Waals surface area contributed by atoms with Crippen LogP contribution in [0.3, 0.4) is 0 Å². The molecule has 40 valence electrons. The van der Waals surface area contributed by atoms with Crippen molar-refractivity contribution in [3.05, 3.63) is 25.3 Å². The summed E-state index contributed by atoms with van der Waals surface area (Å²) in [4.78, 5) is 0. The fraction of sp³-hybridized carbons (Fsp3) is 0.429. The lowest BCUT2D eigenvalue weighted by Crippen LogP contribution is -1.81. The van der Waals surface area contributed by atoms with Crippen molar-refractivity contribution in [1.82, 2.24) is 0 Å². The Bertz CT molecular complexity index is 76.0. The molecule has 0 aromatic carbocycles. The van der Waals surface area contributed by atoms with Crippen LogP contribution >= 0.6 is 0 Å². The van der Waals surface area contributed by atoms with Crippen LogP contribution < -0.4 is 0 Å². The first kappa shape index (κ1) is 6.52.